The number of halogens is 4. The SMILES string of the molecule is F[Si](F)(F)F.[O]. The largest absolute Gasteiger partial charge is 0.844 e. The lowest BCUT2D eigenvalue weighted by molar-refractivity contribution is 0.368. The van der Waals surface area contributed by atoms with Gasteiger partial charge in [0.15, 0.2) is 0 Å². The molecule has 0 atom stereocenters. The normalized spacial score (nSPS) is 10.0. The highest BCUT2D eigenvalue weighted by Gasteiger charge is 2.39. The predicted octanol–water partition coefficient (Wildman–Crippen LogP) is 1.18. The van der Waals surface area contributed by atoms with Crippen molar-refractivity contribution in [2.45, 2.75) is 0 Å². The Kier molecular flexibility index (Phi) is 3.32. The van der Waals surface area contributed by atoms with Gasteiger partial charge in [0.1, 0.15) is 0 Å². The van der Waals surface area contributed by atoms with Crippen LogP contribution in [0.25, 0.3) is 0 Å². The number of hydrogen-bond donors (Lipinski definition) is 0. The lowest BCUT2D eigenvalue weighted by Crippen LogP contribution is -2.02. The quantitative estimate of drug-likeness (QED) is 0.261. The predicted molar refractivity (Wildman–Crippen MR) is 10.9 cm³/mol. The zero-order valence-corrected chi connectivity index (χ0v) is 3.42. The van der Waals surface area contributed by atoms with E-state index in [4.69, 9.17) is 0 Å². The number of hydrogen-bond acceptors (Lipinski definition) is 0. The summed E-state index contributed by atoms with van der Waals surface area (Å²) in [6.07, 6.45) is 0. The minimum Gasteiger partial charge on any atom is -0.211 e. The Labute approximate surface area is 32.6 Å². The maximum Gasteiger partial charge on any atom is 0.844 e. The van der Waals surface area contributed by atoms with Crippen molar-refractivity contribution in [1.29, 1.82) is 0 Å². The molecule has 0 saturated heterocycles. The molecule has 38 valence electrons. The molecule has 0 aromatic carbocycles. The van der Waals surface area contributed by atoms with E-state index in [-0.39, 0.29) is 5.48 Å². The van der Waals surface area contributed by atoms with Crippen molar-refractivity contribution in [3.63, 3.8) is 0 Å². The van der Waals surface area contributed by atoms with Crippen molar-refractivity contribution in [1.82, 2.24) is 0 Å². The van der Waals surface area contributed by atoms with Gasteiger partial charge in [0.2, 0.25) is 0 Å². The van der Waals surface area contributed by atoms with Gasteiger partial charge in [-0.3, -0.25) is 0 Å². The van der Waals surface area contributed by atoms with Gasteiger partial charge < -0.3 is 0 Å². The maximum atomic E-state index is 9.83. The van der Waals surface area contributed by atoms with Crippen LogP contribution in [0.4, 0.5) is 16.4 Å². The molecule has 0 fully saturated rings. The van der Waals surface area contributed by atoms with Gasteiger partial charge in [-0.2, -0.15) is 0 Å². The summed E-state index contributed by atoms with van der Waals surface area (Å²) in [6, 6.07) is 0. The third-order valence-electron chi connectivity index (χ3n) is 0. The van der Waals surface area contributed by atoms with Gasteiger partial charge in [0.25, 0.3) is 0 Å². The lowest BCUT2D eigenvalue weighted by atomic mass is 16.0. The first kappa shape index (κ1) is 9.31. The Bertz CT molecular complexity index is 23.0. The van der Waals surface area contributed by atoms with Crippen LogP contribution >= 0.6 is 0 Å². The van der Waals surface area contributed by atoms with Crippen molar-refractivity contribution >= 4 is 9.41 Å². The molecule has 0 aliphatic carbocycles. The Morgan fingerprint density at radius 2 is 0.833 bits per heavy atom. The summed E-state index contributed by atoms with van der Waals surface area (Å²) in [4.78, 5) is 0. The van der Waals surface area contributed by atoms with E-state index in [0.29, 0.717) is 0 Å². The Hall–Kier alpha value is -0.103. The van der Waals surface area contributed by atoms with Crippen LogP contribution in [0.1, 0.15) is 0 Å². The summed E-state index contributed by atoms with van der Waals surface area (Å²) < 4.78 is 39.3. The molecule has 2 radical (unpaired) electrons. The second-order valence-electron chi connectivity index (χ2n) is 0.429. The number of rotatable bonds is 0. The fourth-order valence-corrected chi connectivity index (χ4v) is 0. The van der Waals surface area contributed by atoms with Crippen LogP contribution in [-0.4, -0.2) is 9.41 Å². The van der Waals surface area contributed by atoms with Crippen molar-refractivity contribution in [3.8, 4) is 0 Å². The first-order valence-electron chi connectivity index (χ1n) is 0.756. The molecular formula is F4OSi. The standard InChI is InChI=1S/F4Si.O/c1-5(2,3)4;. The summed E-state index contributed by atoms with van der Waals surface area (Å²) in [5.41, 5.74) is 0. The summed E-state index contributed by atoms with van der Waals surface area (Å²) in [6.45, 7) is 0. The van der Waals surface area contributed by atoms with E-state index in [0.717, 1.165) is 0 Å². The average molecular weight is 120 g/mol. The molecule has 6 heteroatoms. The minimum absolute atomic E-state index is 0. The molecule has 0 rings (SSSR count). The van der Waals surface area contributed by atoms with Gasteiger partial charge in [0.05, 0.1) is 0 Å². The summed E-state index contributed by atoms with van der Waals surface area (Å²) in [5.74, 6) is 0. The Morgan fingerprint density at radius 1 is 0.833 bits per heavy atom. The zero-order chi connectivity index (χ0) is 4.50. The Balaban J connectivity index is 0. The fourth-order valence-electron chi connectivity index (χ4n) is 0. The monoisotopic (exact) mass is 120 g/mol. The molecule has 0 unspecified atom stereocenters. The Morgan fingerprint density at radius 3 is 0.833 bits per heavy atom. The molecular weight excluding hydrogens is 120 g/mol. The van der Waals surface area contributed by atoms with E-state index in [2.05, 4.69) is 0 Å². The van der Waals surface area contributed by atoms with Gasteiger partial charge in [-0.1, -0.05) is 0 Å². The maximum absolute atomic E-state index is 9.83. The molecule has 0 aromatic rings. The molecule has 0 saturated carbocycles. The third-order valence-corrected chi connectivity index (χ3v) is 0. The van der Waals surface area contributed by atoms with E-state index in [1.54, 1.807) is 0 Å². The topological polar surface area (TPSA) is 28.5 Å². The highest BCUT2D eigenvalue weighted by molar-refractivity contribution is 6.50. The first-order chi connectivity index (χ1) is 2.00. The molecule has 0 amide bonds. The second-order valence-corrected chi connectivity index (χ2v) is 1.29. The van der Waals surface area contributed by atoms with Gasteiger partial charge in [0, 0.05) is 5.48 Å². The van der Waals surface area contributed by atoms with Crippen LogP contribution in [0.5, 0.6) is 0 Å². The van der Waals surface area contributed by atoms with Crippen LogP contribution in [0.3, 0.4) is 0 Å². The molecule has 0 spiro atoms. The fraction of sp³-hybridized carbons (Fsp3) is 0. The van der Waals surface area contributed by atoms with Crippen molar-refractivity contribution in [2.24, 2.45) is 0 Å². The van der Waals surface area contributed by atoms with E-state index in [1.807, 2.05) is 0 Å². The highest BCUT2D eigenvalue weighted by Crippen LogP contribution is 2.06. The third kappa shape index (κ3) is 3080. The van der Waals surface area contributed by atoms with E-state index in [9.17, 15) is 16.4 Å². The van der Waals surface area contributed by atoms with Crippen LogP contribution < -0.4 is 0 Å². The average Bonchev–Trinajstić information content (AvgIpc) is 0.722. The van der Waals surface area contributed by atoms with Gasteiger partial charge in [-0.25, -0.2) is 16.4 Å². The van der Waals surface area contributed by atoms with Crippen LogP contribution in [0, 0.1) is 0 Å². The highest BCUT2D eigenvalue weighted by atomic mass is 28.5. The summed E-state index contributed by atoms with van der Waals surface area (Å²) >= 11 is 0. The summed E-state index contributed by atoms with van der Waals surface area (Å²) in [7, 11) is -6.61. The lowest BCUT2D eigenvalue weighted by Gasteiger charge is -1.75. The summed E-state index contributed by atoms with van der Waals surface area (Å²) in [5, 5.41) is 0. The van der Waals surface area contributed by atoms with Gasteiger partial charge >= 0.3 is 9.41 Å². The van der Waals surface area contributed by atoms with Gasteiger partial charge in [-0.15, -0.1) is 0 Å². The van der Waals surface area contributed by atoms with E-state index in [1.165, 1.54) is 0 Å². The first-order valence-corrected chi connectivity index (χ1v) is 2.27. The molecule has 0 bridgehead atoms. The second kappa shape index (κ2) is 2.14. The van der Waals surface area contributed by atoms with Crippen molar-refractivity contribution in [3.05, 3.63) is 0 Å². The van der Waals surface area contributed by atoms with E-state index >= 15 is 0 Å². The molecule has 6 heavy (non-hydrogen) atoms. The molecule has 0 heterocycles. The smallest absolute Gasteiger partial charge is 0.211 e. The van der Waals surface area contributed by atoms with Crippen LogP contribution in [0.2, 0.25) is 0 Å². The molecule has 0 aliphatic heterocycles. The van der Waals surface area contributed by atoms with Crippen molar-refractivity contribution in [2.75, 3.05) is 0 Å². The molecule has 0 aromatic heterocycles. The molecule has 1 nitrogen and oxygen atoms in total. The van der Waals surface area contributed by atoms with Crippen molar-refractivity contribution < 1.29 is 21.9 Å². The minimum atomic E-state index is -6.61. The molecule has 0 aliphatic rings. The molecule has 0 N–H and O–H groups in total. The van der Waals surface area contributed by atoms with E-state index < -0.39 is 9.41 Å². The van der Waals surface area contributed by atoms with Crippen LogP contribution in [-0.2, 0) is 5.48 Å². The van der Waals surface area contributed by atoms with Gasteiger partial charge in [-0.05, 0) is 0 Å². The zero-order valence-electron chi connectivity index (χ0n) is 2.42. The van der Waals surface area contributed by atoms with Crippen LogP contribution in [0.15, 0.2) is 0 Å².